The highest BCUT2D eigenvalue weighted by Crippen LogP contribution is 2.16. The largest absolute Gasteiger partial charge is 0.350 e. The molecule has 0 aliphatic carbocycles. The molecule has 3 rings (SSSR count). The number of nitrogens with zero attached hydrogens (tertiary/aromatic N) is 2. The zero-order valence-electron chi connectivity index (χ0n) is 17.1. The van der Waals surface area contributed by atoms with Crippen molar-refractivity contribution >= 4 is 28.4 Å². The van der Waals surface area contributed by atoms with Crippen molar-refractivity contribution in [2.75, 3.05) is 5.32 Å². The molecule has 0 saturated heterocycles. The Labute approximate surface area is 173 Å². The number of carbonyl (C=O) groups excluding carboxylic acids is 2. The van der Waals surface area contributed by atoms with Crippen LogP contribution < -0.4 is 21.9 Å². The lowest BCUT2D eigenvalue weighted by Crippen LogP contribution is -2.41. The number of aromatic nitrogens is 2. The third-order valence-corrected chi connectivity index (χ3v) is 4.62. The van der Waals surface area contributed by atoms with E-state index in [2.05, 4.69) is 10.6 Å². The van der Waals surface area contributed by atoms with Gasteiger partial charge in [-0.1, -0.05) is 24.3 Å². The summed E-state index contributed by atoms with van der Waals surface area (Å²) in [5.41, 5.74) is 0.128. The molecular weight excluding hydrogens is 384 g/mol. The number of nitrogens with one attached hydrogen (secondary N) is 2. The molecule has 0 radical (unpaired) electrons. The van der Waals surface area contributed by atoms with E-state index >= 15 is 0 Å². The van der Waals surface area contributed by atoms with Gasteiger partial charge in [0.15, 0.2) is 0 Å². The van der Waals surface area contributed by atoms with Gasteiger partial charge in [-0.25, -0.2) is 4.79 Å². The Balaban J connectivity index is 1.96. The van der Waals surface area contributed by atoms with Gasteiger partial charge in [0.2, 0.25) is 5.91 Å². The van der Waals surface area contributed by atoms with Gasteiger partial charge in [0, 0.05) is 12.6 Å². The molecule has 0 unspecified atom stereocenters. The zero-order chi connectivity index (χ0) is 21.8. The van der Waals surface area contributed by atoms with Gasteiger partial charge >= 0.3 is 5.69 Å². The molecule has 8 nitrogen and oxygen atoms in total. The molecule has 0 aliphatic rings. The minimum atomic E-state index is -0.554. The molecule has 0 fully saturated rings. The first-order valence-corrected chi connectivity index (χ1v) is 9.75. The maximum atomic E-state index is 12.8. The molecule has 1 aromatic heterocycles. The third-order valence-electron chi connectivity index (χ3n) is 4.62. The topological polar surface area (TPSA) is 102 Å². The van der Waals surface area contributed by atoms with Crippen molar-refractivity contribution in [1.82, 2.24) is 14.5 Å². The minimum Gasteiger partial charge on any atom is -0.350 e. The second-order valence-corrected chi connectivity index (χ2v) is 7.16. The normalized spacial score (nSPS) is 10.9. The summed E-state index contributed by atoms with van der Waals surface area (Å²) in [6.45, 7) is 5.30. The van der Waals surface area contributed by atoms with E-state index in [9.17, 15) is 19.2 Å². The van der Waals surface area contributed by atoms with Gasteiger partial charge in [0.05, 0.1) is 22.2 Å². The molecule has 2 N–H and O–H groups in total. The van der Waals surface area contributed by atoms with E-state index in [1.807, 2.05) is 13.8 Å². The van der Waals surface area contributed by atoms with Crippen molar-refractivity contribution in [1.29, 1.82) is 0 Å². The van der Waals surface area contributed by atoms with Crippen LogP contribution in [-0.2, 0) is 17.9 Å². The standard InChI is InChI=1S/C22H24N4O4/c1-4-25-21(29)16-10-6-8-12-18(16)26(22(25)30)13-19(27)24-17-11-7-5-9-15(17)20(28)23-14(2)3/h5-12,14H,4,13H2,1-3H3,(H,23,28)(H,24,27). The number of hydrogen-bond donors (Lipinski definition) is 2. The molecule has 3 aromatic rings. The van der Waals surface area contributed by atoms with Gasteiger partial charge in [-0.05, 0) is 45.0 Å². The number of amides is 2. The summed E-state index contributed by atoms with van der Waals surface area (Å²) < 4.78 is 2.37. The molecule has 0 saturated carbocycles. The molecule has 0 aliphatic heterocycles. The van der Waals surface area contributed by atoms with Crippen LogP contribution in [0.5, 0.6) is 0 Å². The van der Waals surface area contributed by atoms with Crippen LogP contribution in [0.25, 0.3) is 10.9 Å². The fourth-order valence-electron chi connectivity index (χ4n) is 3.27. The van der Waals surface area contributed by atoms with Crippen molar-refractivity contribution in [2.24, 2.45) is 0 Å². The van der Waals surface area contributed by atoms with Crippen LogP contribution in [0.1, 0.15) is 31.1 Å². The molecule has 0 bridgehead atoms. The molecule has 2 amide bonds. The van der Waals surface area contributed by atoms with E-state index in [0.29, 0.717) is 22.2 Å². The summed E-state index contributed by atoms with van der Waals surface area (Å²) in [6.07, 6.45) is 0. The monoisotopic (exact) mass is 408 g/mol. The number of carbonyl (C=O) groups is 2. The lowest BCUT2D eigenvalue weighted by molar-refractivity contribution is -0.116. The molecule has 156 valence electrons. The maximum Gasteiger partial charge on any atom is 0.331 e. The van der Waals surface area contributed by atoms with Gasteiger partial charge in [-0.2, -0.15) is 0 Å². The number of para-hydroxylation sites is 2. The summed E-state index contributed by atoms with van der Waals surface area (Å²) in [7, 11) is 0. The van der Waals surface area contributed by atoms with Gasteiger partial charge in [0.25, 0.3) is 11.5 Å². The molecule has 8 heteroatoms. The van der Waals surface area contributed by atoms with E-state index < -0.39 is 11.6 Å². The summed E-state index contributed by atoms with van der Waals surface area (Å²) in [5.74, 6) is -0.781. The highest BCUT2D eigenvalue weighted by molar-refractivity contribution is 6.03. The van der Waals surface area contributed by atoms with Crippen LogP contribution >= 0.6 is 0 Å². The second-order valence-electron chi connectivity index (χ2n) is 7.16. The number of fused-ring (bicyclic) bond motifs is 1. The SMILES string of the molecule is CCn1c(=O)c2ccccc2n(CC(=O)Nc2ccccc2C(=O)NC(C)C)c1=O. The first-order chi connectivity index (χ1) is 14.3. The van der Waals surface area contributed by atoms with E-state index in [0.717, 1.165) is 4.57 Å². The van der Waals surface area contributed by atoms with Gasteiger partial charge in [0.1, 0.15) is 6.54 Å². The van der Waals surface area contributed by atoms with E-state index in [-0.39, 0.29) is 30.6 Å². The van der Waals surface area contributed by atoms with E-state index in [1.54, 1.807) is 55.5 Å². The second kappa shape index (κ2) is 8.77. The quantitative estimate of drug-likeness (QED) is 0.651. The van der Waals surface area contributed by atoms with Crippen molar-refractivity contribution in [3.63, 3.8) is 0 Å². The summed E-state index contributed by atoms with van der Waals surface area (Å²) in [6, 6.07) is 13.3. The highest BCUT2D eigenvalue weighted by Gasteiger charge is 2.17. The fraction of sp³-hybridized carbons (Fsp3) is 0.273. The van der Waals surface area contributed by atoms with Crippen LogP contribution in [0.3, 0.4) is 0 Å². The predicted molar refractivity (Wildman–Crippen MR) is 116 cm³/mol. The Hall–Kier alpha value is -3.68. The molecule has 2 aromatic carbocycles. The summed E-state index contributed by atoms with van der Waals surface area (Å²) >= 11 is 0. The molecule has 30 heavy (non-hydrogen) atoms. The van der Waals surface area contributed by atoms with Gasteiger partial charge in [-0.15, -0.1) is 0 Å². The van der Waals surface area contributed by atoms with Crippen molar-refractivity contribution < 1.29 is 9.59 Å². The maximum absolute atomic E-state index is 12.8. The van der Waals surface area contributed by atoms with Crippen molar-refractivity contribution in [3.05, 3.63) is 74.9 Å². The van der Waals surface area contributed by atoms with E-state index in [4.69, 9.17) is 0 Å². The van der Waals surface area contributed by atoms with Crippen LogP contribution in [0.2, 0.25) is 0 Å². The van der Waals surface area contributed by atoms with Gasteiger partial charge < -0.3 is 10.6 Å². The number of rotatable bonds is 6. The number of hydrogen-bond acceptors (Lipinski definition) is 4. The van der Waals surface area contributed by atoms with Gasteiger partial charge in [-0.3, -0.25) is 23.5 Å². The lowest BCUT2D eigenvalue weighted by Gasteiger charge is -2.15. The average molecular weight is 408 g/mol. The van der Waals surface area contributed by atoms with Crippen molar-refractivity contribution in [2.45, 2.75) is 39.9 Å². The molecule has 0 atom stereocenters. The average Bonchev–Trinajstić information content (AvgIpc) is 2.71. The summed E-state index contributed by atoms with van der Waals surface area (Å²) in [5, 5.41) is 5.87. The first-order valence-electron chi connectivity index (χ1n) is 9.75. The Bertz CT molecular complexity index is 1220. The Morgan fingerprint density at radius 3 is 2.33 bits per heavy atom. The van der Waals surface area contributed by atoms with Crippen LogP contribution in [-0.4, -0.2) is 27.0 Å². The summed E-state index contributed by atoms with van der Waals surface area (Å²) in [4.78, 5) is 50.5. The van der Waals surface area contributed by atoms with Crippen LogP contribution in [0, 0.1) is 0 Å². The Morgan fingerprint density at radius 2 is 1.63 bits per heavy atom. The number of benzene rings is 2. The molecule has 1 heterocycles. The number of anilines is 1. The third kappa shape index (κ3) is 4.17. The predicted octanol–water partition coefficient (Wildman–Crippen LogP) is 1.96. The Morgan fingerprint density at radius 1 is 0.967 bits per heavy atom. The van der Waals surface area contributed by atoms with Crippen LogP contribution in [0.4, 0.5) is 5.69 Å². The van der Waals surface area contributed by atoms with E-state index in [1.165, 1.54) is 4.57 Å². The smallest absolute Gasteiger partial charge is 0.331 e. The molecule has 0 spiro atoms. The Kier molecular flexibility index (Phi) is 6.15. The molecular formula is C22H24N4O4. The lowest BCUT2D eigenvalue weighted by atomic mass is 10.1. The fourth-order valence-corrected chi connectivity index (χ4v) is 3.27. The zero-order valence-corrected chi connectivity index (χ0v) is 17.1. The van der Waals surface area contributed by atoms with Crippen molar-refractivity contribution in [3.8, 4) is 0 Å². The first kappa shape index (κ1) is 21.0. The highest BCUT2D eigenvalue weighted by atomic mass is 16.2. The van der Waals surface area contributed by atoms with Crippen LogP contribution in [0.15, 0.2) is 58.1 Å². The minimum absolute atomic E-state index is 0.0544.